The van der Waals surface area contributed by atoms with Crippen molar-refractivity contribution in [2.75, 3.05) is 0 Å². The SMILES string of the molecule is O=CC(Cc1ccc(Cl)cc1)C1CC1. The lowest BCUT2D eigenvalue weighted by atomic mass is 9.96. The number of carbonyl (C=O) groups is 1. The van der Waals surface area contributed by atoms with Crippen molar-refractivity contribution in [3.05, 3.63) is 34.9 Å². The van der Waals surface area contributed by atoms with Crippen molar-refractivity contribution in [1.29, 1.82) is 0 Å². The van der Waals surface area contributed by atoms with Gasteiger partial charge in [0.05, 0.1) is 0 Å². The van der Waals surface area contributed by atoms with E-state index in [0.717, 1.165) is 17.7 Å². The molecule has 0 bridgehead atoms. The largest absolute Gasteiger partial charge is 0.303 e. The molecular weight excluding hydrogens is 196 g/mol. The first-order valence-corrected chi connectivity index (χ1v) is 5.37. The number of hydrogen-bond acceptors (Lipinski definition) is 1. The second-order valence-corrected chi connectivity index (χ2v) is 4.40. The summed E-state index contributed by atoms with van der Waals surface area (Å²) in [6.07, 6.45) is 4.41. The van der Waals surface area contributed by atoms with Gasteiger partial charge in [-0.15, -0.1) is 0 Å². The maximum Gasteiger partial charge on any atom is 0.123 e. The summed E-state index contributed by atoms with van der Waals surface area (Å²) in [7, 11) is 0. The van der Waals surface area contributed by atoms with Gasteiger partial charge in [-0.1, -0.05) is 23.7 Å². The predicted molar refractivity (Wildman–Crippen MR) is 57.4 cm³/mol. The van der Waals surface area contributed by atoms with E-state index in [1.54, 1.807) is 0 Å². The Labute approximate surface area is 89.1 Å². The Kier molecular flexibility index (Phi) is 2.87. The summed E-state index contributed by atoms with van der Waals surface area (Å²) < 4.78 is 0. The fourth-order valence-electron chi connectivity index (χ4n) is 1.74. The Bertz CT molecular complexity index is 314. The summed E-state index contributed by atoms with van der Waals surface area (Å²) >= 11 is 5.79. The standard InChI is InChI=1S/C12H13ClO/c13-12-5-1-9(2-6-12)7-11(8-14)10-3-4-10/h1-2,5-6,8,10-11H,3-4,7H2. The molecule has 1 nitrogen and oxygen atoms in total. The molecule has 14 heavy (non-hydrogen) atoms. The highest BCUT2D eigenvalue weighted by Crippen LogP contribution is 2.37. The van der Waals surface area contributed by atoms with Gasteiger partial charge in [0.1, 0.15) is 6.29 Å². The van der Waals surface area contributed by atoms with Crippen LogP contribution in [0.3, 0.4) is 0 Å². The maximum absolute atomic E-state index is 10.8. The minimum absolute atomic E-state index is 0.219. The van der Waals surface area contributed by atoms with Gasteiger partial charge in [-0.25, -0.2) is 0 Å². The number of carbonyl (C=O) groups excluding carboxylic acids is 1. The summed E-state index contributed by atoms with van der Waals surface area (Å²) in [4.78, 5) is 10.8. The smallest absolute Gasteiger partial charge is 0.123 e. The van der Waals surface area contributed by atoms with Gasteiger partial charge in [0.2, 0.25) is 0 Å². The highest BCUT2D eigenvalue weighted by atomic mass is 35.5. The van der Waals surface area contributed by atoms with Crippen LogP contribution >= 0.6 is 11.6 Å². The number of rotatable bonds is 4. The summed E-state index contributed by atoms with van der Waals surface area (Å²) in [5.41, 5.74) is 1.21. The lowest BCUT2D eigenvalue weighted by molar-refractivity contribution is -0.111. The molecular formula is C12H13ClO. The molecule has 1 aromatic carbocycles. The van der Waals surface area contributed by atoms with E-state index < -0.39 is 0 Å². The molecule has 1 aliphatic carbocycles. The van der Waals surface area contributed by atoms with Crippen LogP contribution in [0.2, 0.25) is 5.02 Å². The molecule has 0 saturated heterocycles. The van der Waals surface area contributed by atoms with Gasteiger partial charge in [0.25, 0.3) is 0 Å². The van der Waals surface area contributed by atoms with Crippen molar-refractivity contribution < 1.29 is 4.79 Å². The normalized spacial score (nSPS) is 17.8. The van der Waals surface area contributed by atoms with E-state index in [1.165, 1.54) is 18.4 Å². The molecule has 0 aromatic heterocycles. The van der Waals surface area contributed by atoms with Gasteiger partial charge >= 0.3 is 0 Å². The Morgan fingerprint density at radius 3 is 2.50 bits per heavy atom. The van der Waals surface area contributed by atoms with Crippen LogP contribution in [0, 0.1) is 11.8 Å². The van der Waals surface area contributed by atoms with E-state index in [9.17, 15) is 4.79 Å². The molecule has 2 heteroatoms. The molecule has 74 valence electrons. The average Bonchev–Trinajstić information content (AvgIpc) is 3.01. The zero-order valence-electron chi connectivity index (χ0n) is 7.95. The van der Waals surface area contributed by atoms with Crippen LogP contribution in [-0.4, -0.2) is 6.29 Å². The molecule has 0 N–H and O–H groups in total. The van der Waals surface area contributed by atoms with Crippen LogP contribution in [0.5, 0.6) is 0 Å². The molecule has 0 spiro atoms. The summed E-state index contributed by atoms with van der Waals surface area (Å²) in [6.45, 7) is 0. The molecule has 0 heterocycles. The third-order valence-corrected chi connectivity index (χ3v) is 3.04. The average molecular weight is 209 g/mol. The van der Waals surface area contributed by atoms with Gasteiger partial charge in [-0.3, -0.25) is 0 Å². The van der Waals surface area contributed by atoms with Gasteiger partial charge in [-0.05, 0) is 42.9 Å². The lowest BCUT2D eigenvalue weighted by Gasteiger charge is -2.08. The first kappa shape index (κ1) is 9.72. The van der Waals surface area contributed by atoms with Gasteiger partial charge < -0.3 is 4.79 Å². The first-order chi connectivity index (χ1) is 6.79. The van der Waals surface area contributed by atoms with Crippen molar-refractivity contribution in [2.45, 2.75) is 19.3 Å². The van der Waals surface area contributed by atoms with E-state index in [1.807, 2.05) is 24.3 Å². The lowest BCUT2D eigenvalue weighted by Crippen LogP contribution is -2.08. The second-order valence-electron chi connectivity index (χ2n) is 3.97. The number of aldehydes is 1. The Morgan fingerprint density at radius 1 is 1.36 bits per heavy atom. The van der Waals surface area contributed by atoms with Crippen molar-refractivity contribution in [1.82, 2.24) is 0 Å². The van der Waals surface area contributed by atoms with E-state index in [2.05, 4.69) is 0 Å². The summed E-state index contributed by atoms with van der Waals surface area (Å²) in [5.74, 6) is 0.861. The van der Waals surface area contributed by atoms with Crippen molar-refractivity contribution >= 4 is 17.9 Å². The van der Waals surface area contributed by atoms with Crippen LogP contribution in [-0.2, 0) is 11.2 Å². The van der Waals surface area contributed by atoms with Gasteiger partial charge in [-0.2, -0.15) is 0 Å². The van der Waals surface area contributed by atoms with E-state index in [0.29, 0.717) is 5.92 Å². The number of halogens is 1. The van der Waals surface area contributed by atoms with E-state index in [-0.39, 0.29) is 5.92 Å². The van der Waals surface area contributed by atoms with Gasteiger partial charge in [0.15, 0.2) is 0 Å². The Balaban J connectivity index is 2.01. The minimum Gasteiger partial charge on any atom is -0.303 e. The van der Waals surface area contributed by atoms with Crippen LogP contribution < -0.4 is 0 Å². The van der Waals surface area contributed by atoms with Crippen LogP contribution in [0.25, 0.3) is 0 Å². The van der Waals surface area contributed by atoms with Crippen molar-refractivity contribution in [2.24, 2.45) is 11.8 Å². The zero-order chi connectivity index (χ0) is 9.97. The van der Waals surface area contributed by atoms with Gasteiger partial charge in [0, 0.05) is 10.9 Å². The summed E-state index contributed by atoms with van der Waals surface area (Å²) in [6, 6.07) is 7.76. The van der Waals surface area contributed by atoms with Crippen molar-refractivity contribution in [3.63, 3.8) is 0 Å². The topological polar surface area (TPSA) is 17.1 Å². The zero-order valence-corrected chi connectivity index (χ0v) is 8.70. The monoisotopic (exact) mass is 208 g/mol. The Morgan fingerprint density at radius 2 is 2.00 bits per heavy atom. The Hall–Kier alpha value is -0.820. The minimum atomic E-state index is 0.219. The molecule has 0 amide bonds. The van der Waals surface area contributed by atoms with Crippen LogP contribution in [0.4, 0.5) is 0 Å². The predicted octanol–water partition coefficient (Wildman–Crippen LogP) is 3.11. The quantitative estimate of drug-likeness (QED) is 0.695. The molecule has 0 radical (unpaired) electrons. The molecule has 1 unspecified atom stereocenters. The fourth-order valence-corrected chi connectivity index (χ4v) is 1.87. The number of hydrogen-bond donors (Lipinski definition) is 0. The maximum atomic E-state index is 10.8. The summed E-state index contributed by atoms with van der Waals surface area (Å²) in [5, 5.41) is 0.753. The molecule has 2 rings (SSSR count). The third kappa shape index (κ3) is 2.36. The molecule has 0 aliphatic heterocycles. The van der Waals surface area contributed by atoms with E-state index in [4.69, 9.17) is 11.6 Å². The van der Waals surface area contributed by atoms with E-state index >= 15 is 0 Å². The highest BCUT2D eigenvalue weighted by molar-refractivity contribution is 6.30. The highest BCUT2D eigenvalue weighted by Gasteiger charge is 2.30. The molecule has 1 aromatic rings. The number of benzene rings is 1. The second kappa shape index (κ2) is 4.14. The third-order valence-electron chi connectivity index (χ3n) is 2.79. The van der Waals surface area contributed by atoms with Crippen LogP contribution in [0.1, 0.15) is 18.4 Å². The first-order valence-electron chi connectivity index (χ1n) is 4.99. The molecule has 1 saturated carbocycles. The molecule has 1 aliphatic rings. The fraction of sp³-hybridized carbons (Fsp3) is 0.417. The van der Waals surface area contributed by atoms with Crippen molar-refractivity contribution in [3.8, 4) is 0 Å². The molecule has 1 fully saturated rings. The van der Waals surface area contributed by atoms with Crippen LogP contribution in [0.15, 0.2) is 24.3 Å². The molecule has 1 atom stereocenters.